The van der Waals surface area contributed by atoms with Crippen LogP contribution >= 0.6 is 0 Å². The quantitative estimate of drug-likeness (QED) is 0.864. The van der Waals surface area contributed by atoms with Gasteiger partial charge in [0.25, 0.3) is 0 Å². The average molecular weight is 287 g/mol. The van der Waals surface area contributed by atoms with Crippen molar-refractivity contribution in [1.82, 2.24) is 9.80 Å². The van der Waals surface area contributed by atoms with E-state index in [9.17, 15) is 4.79 Å². The van der Waals surface area contributed by atoms with Crippen LogP contribution in [0.1, 0.15) is 31.2 Å². The van der Waals surface area contributed by atoms with Gasteiger partial charge in [-0.15, -0.1) is 0 Å². The fraction of sp³-hybridized carbons (Fsp3) is 0.588. The van der Waals surface area contributed by atoms with Gasteiger partial charge in [0.15, 0.2) is 0 Å². The zero-order valence-corrected chi connectivity index (χ0v) is 12.6. The molecule has 1 aromatic carbocycles. The Morgan fingerprint density at radius 1 is 1.14 bits per heavy atom. The predicted molar refractivity (Wildman–Crippen MR) is 85.0 cm³/mol. The standard InChI is InChI=1S/C17H25N3O/c18-15-5-3-4-14(12-15)13-17(21)20-10-8-19(9-11-20)16-6-1-2-7-16/h3-5,12,16H,1-2,6-11,13,18H2. The molecule has 0 radical (unpaired) electrons. The van der Waals surface area contributed by atoms with Gasteiger partial charge in [-0.1, -0.05) is 25.0 Å². The lowest BCUT2D eigenvalue weighted by molar-refractivity contribution is -0.132. The molecule has 0 spiro atoms. The number of anilines is 1. The van der Waals surface area contributed by atoms with Crippen LogP contribution in [0.2, 0.25) is 0 Å². The van der Waals surface area contributed by atoms with Gasteiger partial charge in [0.1, 0.15) is 0 Å². The molecule has 1 saturated carbocycles. The number of nitrogens with zero attached hydrogens (tertiary/aromatic N) is 2. The molecule has 0 atom stereocenters. The van der Waals surface area contributed by atoms with E-state index in [1.807, 2.05) is 29.2 Å². The van der Waals surface area contributed by atoms with Gasteiger partial charge < -0.3 is 10.6 Å². The minimum absolute atomic E-state index is 0.228. The van der Waals surface area contributed by atoms with Crippen LogP contribution in [-0.2, 0) is 11.2 Å². The largest absolute Gasteiger partial charge is 0.399 e. The van der Waals surface area contributed by atoms with E-state index in [1.165, 1.54) is 25.7 Å². The number of benzene rings is 1. The Morgan fingerprint density at radius 2 is 1.86 bits per heavy atom. The normalized spacial score (nSPS) is 20.9. The minimum Gasteiger partial charge on any atom is -0.399 e. The van der Waals surface area contributed by atoms with Crippen LogP contribution in [0.25, 0.3) is 0 Å². The molecule has 1 amide bonds. The number of carbonyl (C=O) groups excluding carboxylic acids is 1. The lowest BCUT2D eigenvalue weighted by Crippen LogP contribution is -2.51. The Balaban J connectivity index is 1.50. The van der Waals surface area contributed by atoms with E-state index in [-0.39, 0.29) is 5.91 Å². The lowest BCUT2D eigenvalue weighted by atomic mass is 10.1. The van der Waals surface area contributed by atoms with Gasteiger partial charge in [-0.25, -0.2) is 0 Å². The molecule has 2 fully saturated rings. The number of carbonyl (C=O) groups is 1. The Morgan fingerprint density at radius 3 is 2.52 bits per heavy atom. The third-order valence-electron chi connectivity index (χ3n) is 4.81. The van der Waals surface area contributed by atoms with Crippen molar-refractivity contribution in [3.05, 3.63) is 29.8 Å². The topological polar surface area (TPSA) is 49.6 Å². The molecule has 2 aliphatic rings. The van der Waals surface area contributed by atoms with E-state index in [0.29, 0.717) is 6.42 Å². The first-order chi connectivity index (χ1) is 10.2. The van der Waals surface area contributed by atoms with E-state index < -0.39 is 0 Å². The van der Waals surface area contributed by atoms with Gasteiger partial charge in [-0.3, -0.25) is 9.69 Å². The van der Waals surface area contributed by atoms with Crippen molar-refractivity contribution in [2.75, 3.05) is 31.9 Å². The molecule has 1 aliphatic carbocycles. The monoisotopic (exact) mass is 287 g/mol. The lowest BCUT2D eigenvalue weighted by Gasteiger charge is -2.38. The number of nitrogens with two attached hydrogens (primary N) is 1. The van der Waals surface area contributed by atoms with E-state index in [4.69, 9.17) is 5.73 Å². The summed E-state index contributed by atoms with van der Waals surface area (Å²) in [5.41, 5.74) is 7.51. The smallest absolute Gasteiger partial charge is 0.227 e. The summed E-state index contributed by atoms with van der Waals surface area (Å²) >= 11 is 0. The van der Waals surface area contributed by atoms with Crippen molar-refractivity contribution in [2.24, 2.45) is 0 Å². The van der Waals surface area contributed by atoms with Crippen molar-refractivity contribution in [2.45, 2.75) is 38.1 Å². The van der Waals surface area contributed by atoms with Crippen LogP contribution in [0.15, 0.2) is 24.3 Å². The van der Waals surface area contributed by atoms with E-state index >= 15 is 0 Å². The second-order valence-electron chi connectivity index (χ2n) is 6.28. The molecule has 1 aromatic rings. The van der Waals surface area contributed by atoms with Crippen LogP contribution in [-0.4, -0.2) is 47.9 Å². The van der Waals surface area contributed by atoms with E-state index in [1.54, 1.807) is 0 Å². The molecule has 0 bridgehead atoms. The summed E-state index contributed by atoms with van der Waals surface area (Å²) in [5, 5.41) is 0. The van der Waals surface area contributed by atoms with Crippen LogP contribution in [0.4, 0.5) is 5.69 Å². The summed E-state index contributed by atoms with van der Waals surface area (Å²) in [6.07, 6.45) is 5.90. The van der Waals surface area contributed by atoms with Gasteiger partial charge in [0.05, 0.1) is 6.42 Å². The molecule has 3 rings (SSSR count). The molecular formula is C17H25N3O. The summed E-state index contributed by atoms with van der Waals surface area (Å²) in [7, 11) is 0. The molecule has 0 aromatic heterocycles. The number of amides is 1. The van der Waals surface area contributed by atoms with Gasteiger partial charge in [0, 0.05) is 37.9 Å². The number of nitrogen functional groups attached to an aromatic ring is 1. The number of piperazine rings is 1. The SMILES string of the molecule is Nc1cccc(CC(=O)N2CCN(C3CCCC3)CC2)c1. The predicted octanol–water partition coefficient (Wildman–Crippen LogP) is 1.90. The van der Waals surface area contributed by atoms with Crippen LogP contribution in [0.5, 0.6) is 0 Å². The molecule has 4 nitrogen and oxygen atoms in total. The first kappa shape index (κ1) is 14.4. The zero-order chi connectivity index (χ0) is 14.7. The second-order valence-corrected chi connectivity index (χ2v) is 6.28. The molecule has 1 heterocycles. The maximum Gasteiger partial charge on any atom is 0.227 e. The highest BCUT2D eigenvalue weighted by molar-refractivity contribution is 5.79. The minimum atomic E-state index is 0.228. The Labute approximate surface area is 126 Å². The van der Waals surface area contributed by atoms with E-state index in [0.717, 1.165) is 43.5 Å². The summed E-state index contributed by atoms with van der Waals surface area (Å²) in [6.45, 7) is 3.82. The third-order valence-corrected chi connectivity index (χ3v) is 4.81. The molecule has 4 heteroatoms. The van der Waals surface area contributed by atoms with Crippen LogP contribution in [0, 0.1) is 0 Å². The number of hydrogen-bond acceptors (Lipinski definition) is 3. The van der Waals surface area contributed by atoms with Crippen molar-refractivity contribution >= 4 is 11.6 Å². The Bertz CT molecular complexity index is 489. The highest BCUT2D eigenvalue weighted by Gasteiger charge is 2.27. The van der Waals surface area contributed by atoms with Gasteiger partial charge >= 0.3 is 0 Å². The molecule has 0 unspecified atom stereocenters. The van der Waals surface area contributed by atoms with Gasteiger partial charge in [-0.05, 0) is 30.5 Å². The first-order valence-electron chi connectivity index (χ1n) is 8.08. The first-order valence-corrected chi connectivity index (χ1v) is 8.08. The molecule has 21 heavy (non-hydrogen) atoms. The van der Waals surface area contributed by atoms with Crippen molar-refractivity contribution < 1.29 is 4.79 Å². The summed E-state index contributed by atoms with van der Waals surface area (Å²) in [4.78, 5) is 17.0. The summed E-state index contributed by atoms with van der Waals surface area (Å²) in [6, 6.07) is 8.41. The Hall–Kier alpha value is -1.55. The van der Waals surface area contributed by atoms with Gasteiger partial charge in [-0.2, -0.15) is 0 Å². The fourth-order valence-electron chi connectivity index (χ4n) is 3.60. The number of hydrogen-bond donors (Lipinski definition) is 1. The van der Waals surface area contributed by atoms with Crippen molar-refractivity contribution in [1.29, 1.82) is 0 Å². The average Bonchev–Trinajstić information content (AvgIpc) is 3.01. The highest BCUT2D eigenvalue weighted by atomic mass is 16.2. The van der Waals surface area contributed by atoms with Crippen molar-refractivity contribution in [3.63, 3.8) is 0 Å². The molecule has 1 aliphatic heterocycles. The third kappa shape index (κ3) is 3.56. The molecule has 2 N–H and O–H groups in total. The summed E-state index contributed by atoms with van der Waals surface area (Å²) < 4.78 is 0. The highest BCUT2D eigenvalue weighted by Crippen LogP contribution is 2.24. The van der Waals surface area contributed by atoms with Crippen LogP contribution in [0.3, 0.4) is 0 Å². The van der Waals surface area contributed by atoms with Crippen molar-refractivity contribution in [3.8, 4) is 0 Å². The molecule has 114 valence electrons. The summed E-state index contributed by atoms with van der Waals surface area (Å²) in [5.74, 6) is 0.228. The van der Waals surface area contributed by atoms with Gasteiger partial charge in [0.2, 0.25) is 5.91 Å². The van der Waals surface area contributed by atoms with Crippen LogP contribution < -0.4 is 5.73 Å². The number of rotatable bonds is 3. The Kier molecular flexibility index (Phi) is 4.44. The fourth-order valence-corrected chi connectivity index (χ4v) is 3.60. The molecule has 1 saturated heterocycles. The maximum atomic E-state index is 12.4. The zero-order valence-electron chi connectivity index (χ0n) is 12.6. The second kappa shape index (κ2) is 6.48. The van der Waals surface area contributed by atoms with E-state index in [2.05, 4.69) is 4.90 Å². The maximum absolute atomic E-state index is 12.4. The molecular weight excluding hydrogens is 262 g/mol.